The predicted molar refractivity (Wildman–Crippen MR) is 109 cm³/mol. The highest BCUT2D eigenvalue weighted by atomic mass is 32.2. The third-order valence-corrected chi connectivity index (χ3v) is 5.78. The summed E-state index contributed by atoms with van der Waals surface area (Å²) in [6, 6.07) is 10.2. The molecule has 0 radical (unpaired) electrons. The monoisotopic (exact) mass is 416 g/mol. The lowest BCUT2D eigenvalue weighted by Crippen LogP contribution is -2.31. The number of hydrogen-bond donors (Lipinski definition) is 2. The maximum Gasteiger partial charge on any atom is 0.317 e. The van der Waals surface area contributed by atoms with Gasteiger partial charge in [0.1, 0.15) is 17.9 Å². The fourth-order valence-electron chi connectivity index (χ4n) is 3.46. The Bertz CT molecular complexity index is 1240. The van der Waals surface area contributed by atoms with Crippen LogP contribution >= 0.6 is 0 Å². The summed E-state index contributed by atoms with van der Waals surface area (Å²) in [4.78, 5) is 28.1. The smallest absolute Gasteiger partial charge is 0.317 e. The van der Waals surface area contributed by atoms with Crippen LogP contribution in [0.25, 0.3) is 22.2 Å². The molecule has 2 amide bonds. The standard InChI is InChI=1S/C19H20N4O5S/c1-29(26,27)23-15(12-13-6-7-20-18(24)17(13)23)14-4-2-3-5-16(14)28-11-10-22-9-8-21-19(22)25/h2-7,12H,8-11H2,1H3,(H,20,24)(H,21,25). The van der Waals surface area contributed by atoms with E-state index in [1.807, 2.05) is 0 Å². The summed E-state index contributed by atoms with van der Waals surface area (Å²) in [5.74, 6) is 0.469. The molecule has 1 fully saturated rings. The third-order valence-electron chi connectivity index (χ3n) is 4.74. The van der Waals surface area contributed by atoms with E-state index >= 15 is 0 Å². The van der Waals surface area contributed by atoms with Crippen LogP contribution in [0.3, 0.4) is 0 Å². The minimum atomic E-state index is -3.77. The Kier molecular flexibility index (Phi) is 4.79. The fraction of sp³-hybridized carbons (Fsp3) is 0.263. The lowest BCUT2D eigenvalue weighted by atomic mass is 10.1. The van der Waals surface area contributed by atoms with Crippen molar-refractivity contribution in [2.75, 3.05) is 32.5 Å². The van der Waals surface area contributed by atoms with E-state index in [4.69, 9.17) is 4.74 Å². The lowest BCUT2D eigenvalue weighted by Gasteiger charge is -2.17. The number of hydrogen-bond acceptors (Lipinski definition) is 5. The van der Waals surface area contributed by atoms with Gasteiger partial charge in [0.2, 0.25) is 10.0 Å². The molecule has 10 heteroatoms. The Labute approximate surface area is 166 Å². The number of ether oxygens (including phenoxy) is 1. The minimum Gasteiger partial charge on any atom is -0.491 e. The first-order valence-corrected chi connectivity index (χ1v) is 10.9. The number of pyridine rings is 1. The first kappa shape index (κ1) is 19.1. The summed E-state index contributed by atoms with van der Waals surface area (Å²) < 4.78 is 31.9. The quantitative estimate of drug-likeness (QED) is 0.627. The second kappa shape index (κ2) is 7.28. The first-order valence-electron chi connectivity index (χ1n) is 9.05. The molecule has 3 heterocycles. The van der Waals surface area contributed by atoms with E-state index < -0.39 is 15.6 Å². The van der Waals surface area contributed by atoms with E-state index in [2.05, 4.69) is 10.3 Å². The molecule has 4 rings (SSSR count). The van der Waals surface area contributed by atoms with E-state index in [1.54, 1.807) is 41.3 Å². The van der Waals surface area contributed by atoms with Crippen molar-refractivity contribution in [3.8, 4) is 17.0 Å². The van der Waals surface area contributed by atoms with Crippen molar-refractivity contribution >= 4 is 27.0 Å². The van der Waals surface area contributed by atoms with Crippen molar-refractivity contribution in [2.45, 2.75) is 0 Å². The first-order chi connectivity index (χ1) is 13.9. The second-order valence-corrected chi connectivity index (χ2v) is 8.56. The van der Waals surface area contributed by atoms with Crippen LogP contribution < -0.4 is 15.6 Å². The van der Waals surface area contributed by atoms with Gasteiger partial charge in [0.05, 0.1) is 18.5 Å². The molecule has 9 nitrogen and oxygen atoms in total. The predicted octanol–water partition coefficient (Wildman–Crippen LogP) is 1.21. The molecule has 152 valence electrons. The van der Waals surface area contributed by atoms with E-state index in [0.29, 0.717) is 42.0 Å². The number of carbonyl (C=O) groups is 1. The van der Waals surface area contributed by atoms with Crippen LogP contribution in [0.15, 0.2) is 47.4 Å². The maximum atomic E-state index is 12.5. The molecule has 1 aliphatic heterocycles. The van der Waals surface area contributed by atoms with Gasteiger partial charge in [-0.2, -0.15) is 0 Å². The highest BCUT2D eigenvalue weighted by Crippen LogP contribution is 2.34. The Morgan fingerprint density at radius 2 is 1.97 bits per heavy atom. The van der Waals surface area contributed by atoms with Gasteiger partial charge in [-0.05, 0) is 24.3 Å². The average Bonchev–Trinajstić information content (AvgIpc) is 3.26. The Balaban J connectivity index is 1.74. The van der Waals surface area contributed by atoms with E-state index in [9.17, 15) is 18.0 Å². The maximum absolute atomic E-state index is 12.5. The number of aromatic amines is 1. The topological polar surface area (TPSA) is 114 Å². The van der Waals surface area contributed by atoms with Gasteiger partial charge < -0.3 is 19.9 Å². The Morgan fingerprint density at radius 1 is 1.17 bits per heavy atom. The number of para-hydroxylation sites is 1. The summed E-state index contributed by atoms with van der Waals surface area (Å²) in [7, 11) is -3.77. The van der Waals surface area contributed by atoms with Crippen LogP contribution in [-0.2, 0) is 10.0 Å². The van der Waals surface area contributed by atoms with Crippen LogP contribution in [0.4, 0.5) is 4.79 Å². The molecule has 3 aromatic rings. The molecule has 29 heavy (non-hydrogen) atoms. The van der Waals surface area contributed by atoms with Crippen molar-refractivity contribution in [1.29, 1.82) is 0 Å². The molecule has 2 aromatic heterocycles. The molecule has 1 aromatic carbocycles. The number of benzene rings is 1. The number of aromatic nitrogens is 2. The highest BCUT2D eigenvalue weighted by molar-refractivity contribution is 7.89. The van der Waals surface area contributed by atoms with Crippen molar-refractivity contribution in [1.82, 2.24) is 19.2 Å². The number of rotatable bonds is 6. The minimum absolute atomic E-state index is 0.0635. The van der Waals surface area contributed by atoms with Crippen LogP contribution in [0, 0.1) is 0 Å². The largest absolute Gasteiger partial charge is 0.491 e. The third kappa shape index (κ3) is 3.58. The Morgan fingerprint density at radius 3 is 2.69 bits per heavy atom. The SMILES string of the molecule is CS(=O)(=O)n1c(-c2ccccc2OCCN2CCNC2=O)cc2cc[nH]c(=O)c21. The molecule has 0 unspecified atom stereocenters. The molecular weight excluding hydrogens is 396 g/mol. The second-order valence-electron chi connectivity index (χ2n) is 6.73. The van der Waals surface area contributed by atoms with Crippen molar-refractivity contribution in [3.63, 3.8) is 0 Å². The average molecular weight is 416 g/mol. The Hall–Kier alpha value is -3.27. The number of nitrogens with zero attached hydrogens (tertiary/aromatic N) is 2. The van der Waals surface area contributed by atoms with Gasteiger partial charge in [-0.15, -0.1) is 0 Å². The normalized spacial score (nSPS) is 14.4. The van der Waals surface area contributed by atoms with Crippen LogP contribution in [0.5, 0.6) is 5.75 Å². The van der Waals surface area contributed by atoms with Gasteiger partial charge in [-0.1, -0.05) is 12.1 Å². The number of H-pyrrole nitrogens is 1. The van der Waals surface area contributed by atoms with Crippen LogP contribution in [-0.4, -0.2) is 60.8 Å². The molecule has 1 aliphatic rings. The summed E-state index contributed by atoms with van der Waals surface area (Å²) in [5.41, 5.74) is 0.458. The van der Waals surface area contributed by atoms with E-state index in [-0.39, 0.29) is 18.2 Å². The van der Waals surface area contributed by atoms with Gasteiger partial charge in [-0.25, -0.2) is 17.2 Å². The van der Waals surface area contributed by atoms with E-state index in [0.717, 1.165) is 10.2 Å². The fourth-order valence-corrected chi connectivity index (χ4v) is 4.49. The number of amides is 2. The highest BCUT2D eigenvalue weighted by Gasteiger charge is 2.23. The zero-order chi connectivity index (χ0) is 20.6. The van der Waals surface area contributed by atoms with E-state index in [1.165, 1.54) is 6.20 Å². The van der Waals surface area contributed by atoms with Gasteiger partial charge in [-0.3, -0.25) is 4.79 Å². The van der Waals surface area contributed by atoms with Crippen molar-refractivity contribution < 1.29 is 17.9 Å². The number of fused-ring (bicyclic) bond motifs is 1. The molecule has 0 atom stereocenters. The van der Waals surface area contributed by atoms with Crippen molar-refractivity contribution in [3.05, 3.63) is 52.9 Å². The molecular formula is C19H20N4O5S. The van der Waals surface area contributed by atoms with Crippen LogP contribution in [0.1, 0.15) is 0 Å². The molecule has 0 aliphatic carbocycles. The number of nitrogens with one attached hydrogen (secondary N) is 2. The van der Waals surface area contributed by atoms with Crippen molar-refractivity contribution in [2.24, 2.45) is 0 Å². The lowest BCUT2D eigenvalue weighted by molar-refractivity contribution is 0.203. The number of urea groups is 1. The zero-order valence-corrected chi connectivity index (χ0v) is 16.5. The van der Waals surface area contributed by atoms with Gasteiger partial charge in [0, 0.05) is 30.2 Å². The van der Waals surface area contributed by atoms with Gasteiger partial charge in [0.25, 0.3) is 5.56 Å². The molecule has 1 saturated heterocycles. The molecule has 0 saturated carbocycles. The molecule has 2 N–H and O–H groups in total. The number of carbonyl (C=O) groups excluding carboxylic acids is 1. The zero-order valence-electron chi connectivity index (χ0n) is 15.7. The van der Waals surface area contributed by atoms with Gasteiger partial charge in [0.15, 0.2) is 0 Å². The summed E-state index contributed by atoms with van der Waals surface area (Å²) in [5, 5.41) is 3.24. The molecule has 0 spiro atoms. The van der Waals surface area contributed by atoms with Crippen LogP contribution in [0.2, 0.25) is 0 Å². The summed E-state index contributed by atoms with van der Waals surface area (Å²) in [6.45, 7) is 1.90. The molecule has 0 bridgehead atoms. The summed E-state index contributed by atoms with van der Waals surface area (Å²) in [6.07, 6.45) is 2.53. The van der Waals surface area contributed by atoms with Gasteiger partial charge >= 0.3 is 6.03 Å². The summed E-state index contributed by atoms with van der Waals surface area (Å²) >= 11 is 0.